The fourth-order valence-corrected chi connectivity index (χ4v) is 5.09. The molecule has 2 aliphatic rings. The quantitative estimate of drug-likeness (QED) is 0.852. The lowest BCUT2D eigenvalue weighted by molar-refractivity contribution is -0.0155. The molecule has 0 atom stereocenters. The molecule has 8 heteroatoms. The van der Waals surface area contributed by atoms with Crippen LogP contribution in [0.1, 0.15) is 23.2 Å². The van der Waals surface area contributed by atoms with Crippen molar-refractivity contribution in [2.24, 2.45) is 0 Å². The molecule has 1 saturated heterocycles. The number of nitrogens with zero attached hydrogens (tertiary/aromatic N) is 1. The number of benzene rings is 2. The van der Waals surface area contributed by atoms with Gasteiger partial charge in [-0.15, -0.1) is 0 Å². The largest absolute Gasteiger partial charge is 0.467 e. The molecular weight excluding hydrogens is 376 g/mol. The van der Waals surface area contributed by atoms with E-state index in [1.807, 2.05) is 6.07 Å². The lowest BCUT2D eigenvalue weighted by Gasteiger charge is -2.44. The summed E-state index contributed by atoms with van der Waals surface area (Å²) in [6.07, 6.45) is 0.736. The molecule has 6 nitrogen and oxygen atoms in total. The smallest absolute Gasteiger partial charge is 0.258 e. The van der Waals surface area contributed by atoms with Gasteiger partial charge in [0.05, 0.1) is 10.5 Å². The van der Waals surface area contributed by atoms with Crippen LogP contribution in [-0.4, -0.2) is 37.4 Å². The second-order valence-corrected chi connectivity index (χ2v) is 8.78. The van der Waals surface area contributed by atoms with E-state index >= 15 is 0 Å². The van der Waals surface area contributed by atoms with E-state index in [1.54, 1.807) is 30.3 Å². The van der Waals surface area contributed by atoms with Gasteiger partial charge < -0.3 is 10.1 Å². The standard InChI is InChI=1S/C18H17ClN2O4S/c19-13-4-3-5-14(12-13)26(23,24)21-10-8-18(9-11-21)20-17(22)15-6-1-2-7-16(15)25-18/h1-7,12H,8-11H2,(H,20,22). The summed E-state index contributed by atoms with van der Waals surface area (Å²) in [5.41, 5.74) is -0.377. The number of piperidine rings is 1. The van der Waals surface area contributed by atoms with Gasteiger partial charge in [-0.2, -0.15) is 4.31 Å². The predicted molar refractivity (Wildman–Crippen MR) is 96.7 cm³/mol. The average Bonchev–Trinajstić information content (AvgIpc) is 2.62. The van der Waals surface area contributed by atoms with Crippen LogP contribution in [0.15, 0.2) is 53.4 Å². The van der Waals surface area contributed by atoms with Gasteiger partial charge >= 0.3 is 0 Å². The Morgan fingerprint density at radius 3 is 2.54 bits per heavy atom. The van der Waals surface area contributed by atoms with Gasteiger partial charge in [-0.3, -0.25) is 4.79 Å². The summed E-state index contributed by atoms with van der Waals surface area (Å²) in [7, 11) is -3.63. The van der Waals surface area contributed by atoms with Crippen LogP contribution in [0.25, 0.3) is 0 Å². The Balaban J connectivity index is 1.54. The first-order chi connectivity index (χ1) is 12.4. The number of hydrogen-bond acceptors (Lipinski definition) is 4. The van der Waals surface area contributed by atoms with Crippen molar-refractivity contribution in [3.05, 3.63) is 59.1 Å². The van der Waals surface area contributed by atoms with Gasteiger partial charge in [0.15, 0.2) is 5.72 Å². The second-order valence-electron chi connectivity index (χ2n) is 6.41. The number of carbonyl (C=O) groups excluding carboxylic acids is 1. The van der Waals surface area contributed by atoms with Gasteiger partial charge in [0, 0.05) is 31.0 Å². The number of para-hydroxylation sites is 1. The van der Waals surface area contributed by atoms with Crippen molar-refractivity contribution in [3.63, 3.8) is 0 Å². The molecule has 1 amide bonds. The van der Waals surface area contributed by atoms with E-state index in [0.717, 1.165) is 0 Å². The zero-order chi connectivity index (χ0) is 18.4. The van der Waals surface area contributed by atoms with Crippen molar-refractivity contribution in [1.82, 2.24) is 9.62 Å². The highest BCUT2D eigenvalue weighted by atomic mass is 35.5. The van der Waals surface area contributed by atoms with Crippen molar-refractivity contribution >= 4 is 27.5 Å². The van der Waals surface area contributed by atoms with Crippen LogP contribution in [0.2, 0.25) is 5.02 Å². The van der Waals surface area contributed by atoms with Gasteiger partial charge in [-0.25, -0.2) is 8.42 Å². The van der Waals surface area contributed by atoms with Crippen molar-refractivity contribution < 1.29 is 17.9 Å². The fraction of sp³-hybridized carbons (Fsp3) is 0.278. The van der Waals surface area contributed by atoms with Crippen LogP contribution in [0.5, 0.6) is 5.75 Å². The molecule has 2 heterocycles. The summed E-state index contributed by atoms with van der Waals surface area (Å²) < 4.78 is 33.1. The van der Waals surface area contributed by atoms with Crippen LogP contribution in [0.4, 0.5) is 0 Å². The van der Waals surface area contributed by atoms with Crippen LogP contribution in [-0.2, 0) is 10.0 Å². The molecule has 4 rings (SSSR count). The fourth-order valence-electron chi connectivity index (χ4n) is 3.34. The Morgan fingerprint density at radius 2 is 1.81 bits per heavy atom. The van der Waals surface area contributed by atoms with E-state index in [-0.39, 0.29) is 23.9 Å². The van der Waals surface area contributed by atoms with E-state index in [2.05, 4.69) is 5.32 Å². The van der Waals surface area contributed by atoms with E-state index in [9.17, 15) is 13.2 Å². The van der Waals surface area contributed by atoms with Gasteiger partial charge in [-0.1, -0.05) is 29.8 Å². The zero-order valence-electron chi connectivity index (χ0n) is 13.8. The minimum atomic E-state index is -3.63. The maximum atomic E-state index is 12.8. The molecule has 0 aliphatic carbocycles. The molecule has 26 heavy (non-hydrogen) atoms. The molecule has 0 unspecified atom stereocenters. The summed E-state index contributed by atoms with van der Waals surface area (Å²) in [5.74, 6) is 0.334. The van der Waals surface area contributed by atoms with Crippen LogP contribution in [0.3, 0.4) is 0 Å². The molecule has 136 valence electrons. The molecule has 1 N–H and O–H groups in total. The summed E-state index contributed by atoms with van der Waals surface area (Å²) in [6, 6.07) is 13.3. The number of sulfonamides is 1. The Morgan fingerprint density at radius 1 is 1.08 bits per heavy atom. The molecular formula is C18H17ClN2O4S. The minimum absolute atomic E-state index is 0.167. The maximum absolute atomic E-state index is 12.8. The molecule has 0 aromatic heterocycles. The summed E-state index contributed by atoms with van der Waals surface area (Å²) in [6.45, 7) is 0.495. The lowest BCUT2D eigenvalue weighted by atomic mass is 9.98. The third kappa shape index (κ3) is 2.96. The highest BCUT2D eigenvalue weighted by molar-refractivity contribution is 7.89. The Bertz CT molecular complexity index is 969. The molecule has 0 bridgehead atoms. The first kappa shape index (κ1) is 17.3. The second kappa shape index (κ2) is 6.26. The molecule has 1 spiro atoms. The van der Waals surface area contributed by atoms with Gasteiger partial charge in [0.1, 0.15) is 5.75 Å². The van der Waals surface area contributed by atoms with E-state index in [1.165, 1.54) is 16.4 Å². The van der Waals surface area contributed by atoms with E-state index < -0.39 is 15.7 Å². The Labute approximate surface area is 156 Å². The molecule has 2 aromatic rings. The number of carbonyl (C=O) groups is 1. The van der Waals surface area contributed by atoms with Gasteiger partial charge in [0.25, 0.3) is 5.91 Å². The maximum Gasteiger partial charge on any atom is 0.258 e. The highest BCUT2D eigenvalue weighted by Gasteiger charge is 2.44. The zero-order valence-corrected chi connectivity index (χ0v) is 15.4. The molecule has 2 aliphatic heterocycles. The average molecular weight is 393 g/mol. The number of amides is 1. The molecule has 1 fully saturated rings. The SMILES string of the molecule is O=C1NC2(CCN(S(=O)(=O)c3cccc(Cl)c3)CC2)Oc2ccccc21. The van der Waals surface area contributed by atoms with E-state index in [0.29, 0.717) is 29.2 Å². The monoisotopic (exact) mass is 392 g/mol. The lowest BCUT2D eigenvalue weighted by Crippen LogP contribution is -2.61. The Hall–Kier alpha value is -2.09. The first-order valence-corrected chi connectivity index (χ1v) is 10.1. The van der Waals surface area contributed by atoms with Crippen LogP contribution < -0.4 is 10.1 Å². The third-order valence-corrected chi connectivity index (χ3v) is 6.87. The van der Waals surface area contributed by atoms with Crippen molar-refractivity contribution in [2.75, 3.05) is 13.1 Å². The predicted octanol–water partition coefficient (Wildman–Crippen LogP) is 2.64. The summed E-state index contributed by atoms with van der Waals surface area (Å²) >= 11 is 5.92. The van der Waals surface area contributed by atoms with Crippen molar-refractivity contribution in [1.29, 1.82) is 0 Å². The number of hydrogen-bond donors (Lipinski definition) is 1. The number of nitrogens with one attached hydrogen (secondary N) is 1. The third-order valence-electron chi connectivity index (χ3n) is 4.74. The Kier molecular flexibility index (Phi) is 4.17. The van der Waals surface area contributed by atoms with Crippen LogP contribution >= 0.6 is 11.6 Å². The normalized spacial score (nSPS) is 19.5. The molecule has 2 aromatic carbocycles. The number of fused-ring (bicyclic) bond motifs is 1. The number of ether oxygens (including phenoxy) is 1. The van der Waals surface area contributed by atoms with Crippen molar-refractivity contribution in [2.45, 2.75) is 23.5 Å². The first-order valence-electron chi connectivity index (χ1n) is 8.26. The van der Waals surface area contributed by atoms with Gasteiger partial charge in [-0.05, 0) is 30.3 Å². The minimum Gasteiger partial charge on any atom is -0.467 e. The van der Waals surface area contributed by atoms with Crippen LogP contribution in [0, 0.1) is 0 Å². The highest BCUT2D eigenvalue weighted by Crippen LogP contribution is 2.34. The topological polar surface area (TPSA) is 75.7 Å². The molecule has 0 radical (unpaired) electrons. The molecule has 0 saturated carbocycles. The van der Waals surface area contributed by atoms with Gasteiger partial charge in [0.2, 0.25) is 10.0 Å². The summed E-state index contributed by atoms with van der Waals surface area (Å²) in [5, 5.41) is 3.28. The van der Waals surface area contributed by atoms with Crippen molar-refractivity contribution in [3.8, 4) is 5.75 Å². The summed E-state index contributed by atoms with van der Waals surface area (Å²) in [4.78, 5) is 12.5. The number of halogens is 1. The van der Waals surface area contributed by atoms with E-state index in [4.69, 9.17) is 16.3 Å². The number of rotatable bonds is 2.